The van der Waals surface area contributed by atoms with Crippen LogP contribution >= 0.6 is 0 Å². The number of nitrogens with zero attached hydrogens (tertiary/aromatic N) is 3. The SMILES string of the molecule is O=C(Nc1c(F)cccc1N1CCCC1)C1CCCN(c2ncccc2C(F)(F)F)C1. The lowest BCUT2D eigenvalue weighted by Gasteiger charge is -2.34. The Morgan fingerprint density at radius 2 is 1.77 bits per heavy atom. The molecule has 31 heavy (non-hydrogen) atoms. The van der Waals surface area contributed by atoms with Crippen LogP contribution in [0.5, 0.6) is 0 Å². The molecule has 0 spiro atoms. The van der Waals surface area contributed by atoms with E-state index in [1.165, 1.54) is 23.2 Å². The number of carbonyl (C=O) groups excluding carboxylic acids is 1. The summed E-state index contributed by atoms with van der Waals surface area (Å²) in [6.07, 6.45) is -0.140. The number of carbonyl (C=O) groups is 1. The second kappa shape index (κ2) is 8.72. The van der Waals surface area contributed by atoms with E-state index in [0.29, 0.717) is 25.1 Å². The van der Waals surface area contributed by atoms with E-state index in [2.05, 4.69) is 10.3 Å². The molecule has 1 amide bonds. The number of benzene rings is 1. The average Bonchev–Trinajstić information content (AvgIpc) is 3.29. The van der Waals surface area contributed by atoms with E-state index in [1.54, 1.807) is 12.1 Å². The van der Waals surface area contributed by atoms with Gasteiger partial charge in [0, 0.05) is 32.4 Å². The van der Waals surface area contributed by atoms with Crippen molar-refractivity contribution >= 4 is 23.1 Å². The van der Waals surface area contributed by atoms with Crippen LogP contribution < -0.4 is 15.1 Å². The van der Waals surface area contributed by atoms with Crippen molar-refractivity contribution in [1.29, 1.82) is 0 Å². The Labute approximate surface area is 178 Å². The number of pyridine rings is 1. The molecule has 0 bridgehead atoms. The van der Waals surface area contributed by atoms with Crippen LogP contribution in [0.4, 0.5) is 34.8 Å². The summed E-state index contributed by atoms with van der Waals surface area (Å²) < 4.78 is 54.7. The number of para-hydroxylation sites is 1. The number of anilines is 3. The number of rotatable bonds is 4. The van der Waals surface area contributed by atoms with Crippen LogP contribution in [0.1, 0.15) is 31.2 Å². The van der Waals surface area contributed by atoms with Crippen LogP contribution in [0.2, 0.25) is 0 Å². The van der Waals surface area contributed by atoms with Crippen molar-refractivity contribution in [1.82, 2.24) is 4.98 Å². The number of hydrogen-bond donors (Lipinski definition) is 1. The molecule has 1 aromatic carbocycles. The lowest BCUT2D eigenvalue weighted by Crippen LogP contribution is -2.42. The molecule has 1 aromatic heterocycles. The Morgan fingerprint density at radius 1 is 1.03 bits per heavy atom. The third kappa shape index (κ3) is 4.60. The molecule has 0 aliphatic carbocycles. The van der Waals surface area contributed by atoms with Crippen molar-refractivity contribution in [3.8, 4) is 0 Å². The summed E-state index contributed by atoms with van der Waals surface area (Å²) in [5, 5.41) is 2.72. The third-order valence-corrected chi connectivity index (χ3v) is 5.87. The summed E-state index contributed by atoms with van der Waals surface area (Å²) in [7, 11) is 0. The number of alkyl halides is 3. The van der Waals surface area contributed by atoms with Crippen molar-refractivity contribution in [2.24, 2.45) is 5.92 Å². The normalized spacial score (nSPS) is 19.5. The molecular formula is C22H24F4N4O. The van der Waals surface area contributed by atoms with E-state index in [9.17, 15) is 22.4 Å². The highest BCUT2D eigenvalue weighted by Crippen LogP contribution is 2.37. The maximum Gasteiger partial charge on any atom is 0.419 e. The predicted molar refractivity (Wildman–Crippen MR) is 111 cm³/mol. The maximum atomic E-state index is 14.6. The Hall–Kier alpha value is -2.84. The minimum absolute atomic E-state index is 0.0967. The van der Waals surface area contributed by atoms with Gasteiger partial charge in [0.25, 0.3) is 0 Å². The quantitative estimate of drug-likeness (QED) is 0.707. The molecule has 0 radical (unpaired) electrons. The minimum Gasteiger partial charge on any atom is -0.370 e. The average molecular weight is 436 g/mol. The van der Waals surface area contributed by atoms with E-state index in [1.807, 2.05) is 4.90 Å². The Balaban J connectivity index is 1.52. The molecule has 166 valence electrons. The first-order chi connectivity index (χ1) is 14.8. The van der Waals surface area contributed by atoms with Gasteiger partial charge in [-0.2, -0.15) is 13.2 Å². The molecule has 2 aliphatic rings. The largest absolute Gasteiger partial charge is 0.419 e. The first-order valence-corrected chi connectivity index (χ1v) is 10.5. The Morgan fingerprint density at radius 3 is 2.52 bits per heavy atom. The molecule has 1 N–H and O–H groups in total. The minimum atomic E-state index is -4.53. The number of amides is 1. The lowest BCUT2D eigenvalue weighted by molar-refractivity contribution is -0.137. The van der Waals surface area contributed by atoms with Gasteiger partial charge in [0.05, 0.1) is 17.2 Å². The summed E-state index contributed by atoms with van der Waals surface area (Å²) >= 11 is 0. The molecule has 2 aromatic rings. The van der Waals surface area contributed by atoms with Crippen molar-refractivity contribution < 1.29 is 22.4 Å². The number of nitrogens with one attached hydrogen (secondary N) is 1. The molecule has 2 fully saturated rings. The van der Waals surface area contributed by atoms with Crippen molar-refractivity contribution in [3.05, 3.63) is 47.9 Å². The zero-order chi connectivity index (χ0) is 22.0. The van der Waals surface area contributed by atoms with E-state index in [-0.39, 0.29) is 24.0 Å². The monoisotopic (exact) mass is 436 g/mol. The van der Waals surface area contributed by atoms with Crippen molar-refractivity contribution in [3.63, 3.8) is 0 Å². The molecule has 3 heterocycles. The topological polar surface area (TPSA) is 48.5 Å². The second-order valence-corrected chi connectivity index (χ2v) is 7.97. The Kier molecular flexibility index (Phi) is 6.02. The van der Waals surface area contributed by atoms with Gasteiger partial charge < -0.3 is 15.1 Å². The van der Waals surface area contributed by atoms with E-state index < -0.39 is 23.5 Å². The number of piperidine rings is 1. The van der Waals surface area contributed by atoms with Crippen LogP contribution in [0.25, 0.3) is 0 Å². The summed E-state index contributed by atoms with van der Waals surface area (Å²) in [6, 6.07) is 6.93. The first-order valence-electron chi connectivity index (χ1n) is 10.5. The first kappa shape index (κ1) is 21.4. The van der Waals surface area contributed by atoms with Crippen LogP contribution in [0.3, 0.4) is 0 Å². The fraction of sp³-hybridized carbons (Fsp3) is 0.455. The molecule has 1 unspecified atom stereocenters. The standard InChI is InChI=1S/C22H24F4N4O/c23-17-8-3-9-18(29-11-1-2-12-29)19(17)28-21(31)15-6-5-13-30(14-15)20-16(22(24,25)26)7-4-10-27-20/h3-4,7-10,15H,1-2,5-6,11-14H2,(H,28,31). The summed E-state index contributed by atoms with van der Waals surface area (Å²) in [4.78, 5) is 20.5. The zero-order valence-electron chi connectivity index (χ0n) is 17.0. The van der Waals surface area contributed by atoms with Crippen molar-refractivity contribution in [2.45, 2.75) is 31.9 Å². The van der Waals surface area contributed by atoms with E-state index in [0.717, 1.165) is 32.0 Å². The molecular weight excluding hydrogens is 412 g/mol. The zero-order valence-corrected chi connectivity index (χ0v) is 17.0. The van der Waals surface area contributed by atoms with Gasteiger partial charge in [-0.3, -0.25) is 4.79 Å². The second-order valence-electron chi connectivity index (χ2n) is 7.97. The van der Waals surface area contributed by atoms with Gasteiger partial charge in [0.15, 0.2) is 0 Å². The third-order valence-electron chi connectivity index (χ3n) is 5.87. The van der Waals surface area contributed by atoms with Gasteiger partial charge >= 0.3 is 6.18 Å². The van der Waals surface area contributed by atoms with Crippen LogP contribution in [-0.2, 0) is 11.0 Å². The Bertz CT molecular complexity index is 943. The predicted octanol–water partition coefficient (Wildman–Crippen LogP) is 4.69. The maximum absolute atomic E-state index is 14.6. The molecule has 0 saturated carbocycles. The number of hydrogen-bond acceptors (Lipinski definition) is 4. The fourth-order valence-corrected chi connectivity index (χ4v) is 4.34. The van der Waals surface area contributed by atoms with Gasteiger partial charge in [-0.15, -0.1) is 0 Å². The lowest BCUT2D eigenvalue weighted by atomic mass is 9.96. The smallest absolute Gasteiger partial charge is 0.370 e. The van der Waals surface area contributed by atoms with Gasteiger partial charge in [0.1, 0.15) is 17.3 Å². The summed E-state index contributed by atoms with van der Waals surface area (Å²) in [5.41, 5.74) is -0.0376. The fourth-order valence-electron chi connectivity index (χ4n) is 4.34. The summed E-state index contributed by atoms with van der Waals surface area (Å²) in [5.74, 6) is -1.65. The highest BCUT2D eigenvalue weighted by molar-refractivity contribution is 5.96. The highest BCUT2D eigenvalue weighted by Gasteiger charge is 2.37. The summed E-state index contributed by atoms with van der Waals surface area (Å²) in [6.45, 7) is 2.06. The van der Waals surface area contributed by atoms with Crippen molar-refractivity contribution in [2.75, 3.05) is 41.3 Å². The van der Waals surface area contributed by atoms with E-state index in [4.69, 9.17) is 0 Å². The molecule has 1 atom stereocenters. The molecule has 4 rings (SSSR count). The van der Waals surface area contributed by atoms with Gasteiger partial charge in [-0.1, -0.05) is 6.07 Å². The molecule has 2 aliphatic heterocycles. The molecule has 5 nitrogen and oxygen atoms in total. The van der Waals surface area contributed by atoms with Gasteiger partial charge in [-0.25, -0.2) is 9.37 Å². The molecule has 2 saturated heterocycles. The van der Waals surface area contributed by atoms with E-state index >= 15 is 0 Å². The van der Waals surface area contributed by atoms with Crippen LogP contribution in [-0.4, -0.2) is 37.1 Å². The van der Waals surface area contributed by atoms with Gasteiger partial charge in [0.2, 0.25) is 5.91 Å². The van der Waals surface area contributed by atoms with Crippen LogP contribution in [0, 0.1) is 11.7 Å². The van der Waals surface area contributed by atoms with Gasteiger partial charge in [-0.05, 0) is 49.9 Å². The highest BCUT2D eigenvalue weighted by atomic mass is 19.4. The van der Waals surface area contributed by atoms with Crippen LogP contribution in [0.15, 0.2) is 36.5 Å². The number of halogens is 4. The molecule has 9 heteroatoms. The number of aromatic nitrogens is 1.